The predicted molar refractivity (Wildman–Crippen MR) is 93.3 cm³/mol. The third-order valence-electron chi connectivity index (χ3n) is 5.08. The van der Waals surface area contributed by atoms with Crippen LogP contribution in [0, 0.1) is 0 Å². The molecule has 1 aromatic heterocycles. The molecule has 0 aliphatic heterocycles. The number of benzene rings is 1. The van der Waals surface area contributed by atoms with Crippen LogP contribution in [0.2, 0.25) is 0 Å². The van der Waals surface area contributed by atoms with E-state index in [1.165, 1.54) is 10.6 Å². The fourth-order valence-corrected chi connectivity index (χ4v) is 3.88. The highest BCUT2D eigenvalue weighted by molar-refractivity contribution is 5.77. The van der Waals surface area contributed by atoms with Crippen LogP contribution in [0.4, 0.5) is 18.9 Å². The van der Waals surface area contributed by atoms with Crippen LogP contribution in [0.5, 0.6) is 11.8 Å². The van der Waals surface area contributed by atoms with Gasteiger partial charge in [-0.2, -0.15) is 13.2 Å². The summed E-state index contributed by atoms with van der Waals surface area (Å²) in [6.07, 6.45) is -1.88. The summed E-state index contributed by atoms with van der Waals surface area (Å²) in [6, 6.07) is 6.18. The standard InChI is InChI=1S/C19H23F3N2O2/c1-2-3-4-5-9-24-16(25)14-15(17(24)26)18(14,11-19(20,21)22)12-7-6-8-13(23)10-12/h6-8,10,25-26H,2-5,9,11,23H2,1H3. The summed E-state index contributed by atoms with van der Waals surface area (Å²) in [7, 11) is 0. The highest BCUT2D eigenvalue weighted by Crippen LogP contribution is 2.67. The first kappa shape index (κ1) is 18.5. The third kappa shape index (κ3) is 2.99. The van der Waals surface area contributed by atoms with Crippen LogP contribution in [-0.2, 0) is 12.0 Å². The summed E-state index contributed by atoms with van der Waals surface area (Å²) < 4.78 is 41.1. The van der Waals surface area contributed by atoms with Crippen LogP contribution in [0.3, 0.4) is 0 Å². The SMILES string of the molecule is CCCCCCn1c(O)c2c(c1O)C2(CC(F)(F)F)c1cccc(N)c1. The molecule has 142 valence electrons. The third-order valence-corrected chi connectivity index (χ3v) is 5.08. The maximum absolute atomic E-state index is 13.3. The van der Waals surface area contributed by atoms with E-state index in [4.69, 9.17) is 5.73 Å². The van der Waals surface area contributed by atoms with Crippen molar-refractivity contribution in [3.63, 3.8) is 0 Å². The summed E-state index contributed by atoms with van der Waals surface area (Å²) in [5.74, 6) is -0.554. The molecule has 0 amide bonds. The minimum atomic E-state index is -4.46. The Hall–Kier alpha value is -2.31. The van der Waals surface area contributed by atoms with E-state index >= 15 is 0 Å². The Kier molecular flexibility index (Phi) is 4.58. The van der Waals surface area contributed by atoms with Crippen molar-refractivity contribution >= 4 is 5.69 Å². The number of alkyl halides is 3. The molecule has 4 nitrogen and oxygen atoms in total. The highest BCUT2D eigenvalue weighted by atomic mass is 19.4. The molecule has 7 heteroatoms. The number of fused-ring (bicyclic) bond motifs is 1. The summed E-state index contributed by atoms with van der Waals surface area (Å²) in [4.78, 5) is 0. The molecule has 1 aliphatic rings. The lowest BCUT2D eigenvalue weighted by Gasteiger charge is -2.23. The fourth-order valence-electron chi connectivity index (χ4n) is 3.88. The Labute approximate surface area is 150 Å². The molecule has 0 atom stereocenters. The van der Waals surface area contributed by atoms with Gasteiger partial charge in [0, 0.05) is 23.4 Å². The Morgan fingerprint density at radius 3 is 2.27 bits per heavy atom. The van der Waals surface area contributed by atoms with Gasteiger partial charge in [-0.05, 0) is 24.1 Å². The van der Waals surface area contributed by atoms with E-state index in [0.29, 0.717) is 17.8 Å². The second-order valence-electron chi connectivity index (χ2n) is 6.93. The highest BCUT2D eigenvalue weighted by Gasteiger charge is 2.63. The maximum atomic E-state index is 13.3. The topological polar surface area (TPSA) is 71.4 Å². The smallest absolute Gasteiger partial charge is 0.390 e. The van der Waals surface area contributed by atoms with E-state index in [1.807, 2.05) is 0 Å². The van der Waals surface area contributed by atoms with Crippen LogP contribution in [-0.4, -0.2) is 21.0 Å². The zero-order chi connectivity index (χ0) is 19.1. The van der Waals surface area contributed by atoms with Gasteiger partial charge >= 0.3 is 6.18 Å². The van der Waals surface area contributed by atoms with Crippen molar-refractivity contribution in [3.05, 3.63) is 41.0 Å². The van der Waals surface area contributed by atoms with Gasteiger partial charge in [0.05, 0.1) is 11.8 Å². The Morgan fingerprint density at radius 2 is 1.73 bits per heavy atom. The summed E-state index contributed by atoms with van der Waals surface area (Å²) >= 11 is 0. The summed E-state index contributed by atoms with van der Waals surface area (Å²) in [5, 5.41) is 21.0. The van der Waals surface area contributed by atoms with Crippen LogP contribution < -0.4 is 5.73 Å². The van der Waals surface area contributed by atoms with Crippen LogP contribution in [0.25, 0.3) is 0 Å². The lowest BCUT2D eigenvalue weighted by atomic mass is 9.86. The fraction of sp³-hybridized carbons (Fsp3) is 0.474. The summed E-state index contributed by atoms with van der Waals surface area (Å²) in [6.45, 7) is 2.45. The first-order valence-corrected chi connectivity index (χ1v) is 8.80. The molecule has 0 spiro atoms. The molecule has 0 unspecified atom stereocenters. The van der Waals surface area contributed by atoms with Crippen LogP contribution in [0.1, 0.15) is 55.7 Å². The molecule has 1 heterocycles. The summed E-state index contributed by atoms with van der Waals surface area (Å²) in [5.41, 5.74) is 5.20. The average Bonchev–Trinajstić information content (AvgIpc) is 3.13. The number of nitrogens with zero attached hydrogens (tertiary/aromatic N) is 1. The first-order chi connectivity index (χ1) is 12.2. The number of nitrogens with two attached hydrogens (primary N) is 1. The van der Waals surface area contributed by atoms with Crippen molar-refractivity contribution in [3.8, 4) is 11.8 Å². The quantitative estimate of drug-likeness (QED) is 0.492. The predicted octanol–water partition coefficient (Wildman–Crippen LogP) is 4.66. The average molecular weight is 368 g/mol. The Bertz CT molecular complexity index is 784. The van der Waals surface area contributed by atoms with Gasteiger partial charge in [-0.15, -0.1) is 0 Å². The van der Waals surface area contributed by atoms with Gasteiger partial charge in [-0.25, -0.2) is 0 Å². The van der Waals surface area contributed by atoms with E-state index in [2.05, 4.69) is 6.92 Å². The molecule has 0 saturated heterocycles. The molecule has 26 heavy (non-hydrogen) atoms. The number of rotatable bonds is 7. The van der Waals surface area contributed by atoms with Crippen molar-refractivity contribution in [1.82, 2.24) is 4.57 Å². The number of anilines is 1. The van der Waals surface area contributed by atoms with Gasteiger partial charge in [-0.1, -0.05) is 38.3 Å². The van der Waals surface area contributed by atoms with Gasteiger partial charge in [0.2, 0.25) is 0 Å². The van der Waals surface area contributed by atoms with Gasteiger partial charge in [0.15, 0.2) is 11.8 Å². The number of hydrogen-bond acceptors (Lipinski definition) is 3. The zero-order valence-electron chi connectivity index (χ0n) is 14.6. The molecular formula is C19H23F3N2O2. The lowest BCUT2D eigenvalue weighted by Crippen LogP contribution is -2.23. The van der Waals surface area contributed by atoms with Crippen LogP contribution in [0.15, 0.2) is 24.3 Å². The largest absolute Gasteiger partial charge is 0.494 e. The van der Waals surface area contributed by atoms with Gasteiger partial charge in [-0.3, -0.25) is 4.57 Å². The number of aromatic nitrogens is 1. The molecule has 1 aromatic carbocycles. The van der Waals surface area contributed by atoms with E-state index in [1.54, 1.807) is 18.2 Å². The molecule has 0 saturated carbocycles. The minimum absolute atomic E-state index is 0.161. The second kappa shape index (κ2) is 6.45. The molecule has 2 aromatic rings. The van der Waals surface area contributed by atoms with Gasteiger partial charge < -0.3 is 15.9 Å². The van der Waals surface area contributed by atoms with Crippen molar-refractivity contribution < 1.29 is 23.4 Å². The van der Waals surface area contributed by atoms with Crippen molar-refractivity contribution in [2.45, 2.75) is 57.2 Å². The molecular weight excluding hydrogens is 345 g/mol. The number of halogens is 3. The number of aromatic hydroxyl groups is 2. The molecule has 0 radical (unpaired) electrons. The van der Waals surface area contributed by atoms with Gasteiger partial charge in [0.1, 0.15) is 0 Å². The van der Waals surface area contributed by atoms with Crippen molar-refractivity contribution in [2.24, 2.45) is 0 Å². The van der Waals surface area contributed by atoms with Crippen molar-refractivity contribution in [2.75, 3.05) is 5.73 Å². The Balaban J connectivity index is 1.97. The van der Waals surface area contributed by atoms with E-state index in [0.717, 1.165) is 25.7 Å². The number of nitrogen functional groups attached to an aromatic ring is 1. The second-order valence-corrected chi connectivity index (χ2v) is 6.93. The minimum Gasteiger partial charge on any atom is -0.494 e. The lowest BCUT2D eigenvalue weighted by molar-refractivity contribution is -0.139. The molecule has 1 aliphatic carbocycles. The molecule has 3 rings (SSSR count). The monoisotopic (exact) mass is 368 g/mol. The van der Waals surface area contributed by atoms with E-state index in [-0.39, 0.29) is 22.9 Å². The number of hydrogen-bond donors (Lipinski definition) is 3. The zero-order valence-corrected chi connectivity index (χ0v) is 14.6. The maximum Gasteiger partial charge on any atom is 0.390 e. The van der Waals surface area contributed by atoms with Crippen LogP contribution >= 0.6 is 0 Å². The molecule has 4 N–H and O–H groups in total. The first-order valence-electron chi connectivity index (χ1n) is 8.80. The molecule has 0 bridgehead atoms. The van der Waals surface area contributed by atoms with E-state index < -0.39 is 18.0 Å². The van der Waals surface area contributed by atoms with Crippen molar-refractivity contribution in [1.29, 1.82) is 0 Å². The van der Waals surface area contributed by atoms with E-state index in [9.17, 15) is 23.4 Å². The Morgan fingerprint density at radius 1 is 1.08 bits per heavy atom. The number of unbranched alkanes of at least 4 members (excludes halogenated alkanes) is 3. The normalized spacial score (nSPS) is 15.1. The molecule has 0 fully saturated rings. The van der Waals surface area contributed by atoms with Gasteiger partial charge in [0.25, 0.3) is 0 Å².